The van der Waals surface area contributed by atoms with E-state index in [4.69, 9.17) is 42.6 Å². The van der Waals surface area contributed by atoms with Gasteiger partial charge in [-0.3, -0.25) is 4.79 Å². The summed E-state index contributed by atoms with van der Waals surface area (Å²) in [5.41, 5.74) is -2.26. The second-order valence-electron chi connectivity index (χ2n) is 27.1. The first-order valence-electron chi connectivity index (χ1n) is 28.8. The Hall–Kier alpha value is -2.16. The van der Waals surface area contributed by atoms with Gasteiger partial charge in [0, 0.05) is 6.92 Å². The van der Waals surface area contributed by atoms with Crippen LogP contribution in [0.3, 0.4) is 0 Å². The smallest absolute Gasteiger partial charge is 0.335 e. The zero-order valence-corrected chi connectivity index (χ0v) is 47.6. The lowest BCUT2D eigenvalue weighted by atomic mass is 9.33. The van der Waals surface area contributed by atoms with Crippen molar-refractivity contribution in [2.24, 2.45) is 50.2 Å². The van der Waals surface area contributed by atoms with E-state index in [1.807, 2.05) is 13.8 Å². The fourth-order valence-electron chi connectivity index (χ4n) is 17.2. The molecule has 0 aromatic carbocycles. The maximum Gasteiger partial charge on any atom is 0.335 e. The van der Waals surface area contributed by atoms with Crippen LogP contribution >= 0.6 is 0 Å². The van der Waals surface area contributed by atoms with Gasteiger partial charge in [0.1, 0.15) is 91.6 Å². The summed E-state index contributed by atoms with van der Waals surface area (Å²) in [4.78, 5) is 26.1. The molecule has 0 amide bonds. The van der Waals surface area contributed by atoms with E-state index in [2.05, 4.69) is 40.7 Å². The van der Waals surface area contributed by atoms with Crippen molar-refractivity contribution in [3.8, 4) is 0 Å². The summed E-state index contributed by atoms with van der Waals surface area (Å²) < 4.78 is 55.3. The molecular formula is C56H90O25. The van der Waals surface area contributed by atoms with Crippen molar-refractivity contribution in [1.82, 2.24) is 0 Å². The van der Waals surface area contributed by atoms with Crippen LogP contribution in [0.15, 0.2) is 11.6 Å². The Morgan fingerprint density at radius 3 is 1.77 bits per heavy atom. The molecule has 4 aliphatic heterocycles. The number of allylic oxidation sites excluding steroid dienone is 2. The molecule has 9 rings (SSSR count). The normalized spacial score (nSPS) is 53.2. The largest absolute Gasteiger partial charge is 0.479 e. The van der Waals surface area contributed by atoms with Gasteiger partial charge in [0.15, 0.2) is 31.3 Å². The minimum atomic E-state index is -2.26. The van der Waals surface area contributed by atoms with Crippen LogP contribution in [-0.4, -0.2) is 244 Å². The lowest BCUT2D eigenvalue weighted by Gasteiger charge is -2.72. The molecule has 0 spiro atoms. The number of carboxylic acid groups (broad SMARTS) is 1. The Balaban J connectivity index is 1.06. The number of aliphatic hydroxyl groups is 13. The van der Waals surface area contributed by atoms with E-state index < -0.39 is 183 Å². The van der Waals surface area contributed by atoms with Gasteiger partial charge in [0.25, 0.3) is 0 Å². The first kappa shape index (κ1) is 63.3. The molecule has 0 aromatic heterocycles. The molecule has 0 unspecified atom stereocenters. The third-order valence-corrected chi connectivity index (χ3v) is 21.8. The summed E-state index contributed by atoms with van der Waals surface area (Å²) >= 11 is 0. The number of fused-ring (bicyclic) bond motifs is 7. The van der Waals surface area contributed by atoms with Gasteiger partial charge in [-0.1, -0.05) is 60.1 Å². The van der Waals surface area contributed by atoms with Gasteiger partial charge in [-0.25, -0.2) is 4.79 Å². The molecule has 25 nitrogen and oxygen atoms in total. The van der Waals surface area contributed by atoms with Crippen molar-refractivity contribution in [2.45, 2.75) is 255 Å². The molecular weight excluding hydrogens is 1070 g/mol. The number of carboxylic acids is 1. The van der Waals surface area contributed by atoms with Crippen molar-refractivity contribution in [2.75, 3.05) is 19.8 Å². The lowest BCUT2D eigenvalue weighted by Crippen LogP contribution is -2.70. The molecule has 0 radical (unpaired) electrons. The maximum absolute atomic E-state index is 13.2. The lowest BCUT2D eigenvalue weighted by molar-refractivity contribution is -0.406. The molecule has 14 N–H and O–H groups in total. The van der Waals surface area contributed by atoms with E-state index >= 15 is 0 Å². The van der Waals surface area contributed by atoms with Gasteiger partial charge < -0.3 is 114 Å². The monoisotopic (exact) mass is 1160 g/mol. The summed E-state index contributed by atoms with van der Waals surface area (Å²) in [6.45, 7) is 15.7. The molecule has 9 aliphatic rings. The molecule has 4 heterocycles. The number of ether oxygens (including phenoxy) is 9. The van der Waals surface area contributed by atoms with Crippen molar-refractivity contribution in [3.05, 3.63) is 11.6 Å². The highest BCUT2D eigenvalue weighted by Crippen LogP contribution is 2.76. The predicted octanol–water partition coefficient (Wildman–Crippen LogP) is -1.93. The fraction of sp³-hybridized carbons (Fsp3) is 0.929. The number of carbonyl (C=O) groups is 2. The molecule has 25 heteroatoms. The van der Waals surface area contributed by atoms with Crippen LogP contribution in [0, 0.1) is 50.2 Å². The van der Waals surface area contributed by atoms with E-state index in [0.717, 1.165) is 0 Å². The van der Waals surface area contributed by atoms with Gasteiger partial charge in [-0.2, -0.15) is 0 Å². The predicted molar refractivity (Wildman–Crippen MR) is 274 cm³/mol. The Bertz CT molecular complexity index is 2290. The Kier molecular flexibility index (Phi) is 17.9. The van der Waals surface area contributed by atoms with E-state index in [0.29, 0.717) is 51.4 Å². The number of rotatable bonds is 13. The highest BCUT2D eigenvalue weighted by molar-refractivity contribution is 5.73. The summed E-state index contributed by atoms with van der Waals surface area (Å²) in [5.74, 6) is -2.51. The average molecular weight is 1160 g/mol. The van der Waals surface area contributed by atoms with Crippen molar-refractivity contribution in [1.29, 1.82) is 0 Å². The molecule has 4 saturated heterocycles. The van der Waals surface area contributed by atoms with Crippen LogP contribution in [0.2, 0.25) is 0 Å². The van der Waals surface area contributed by atoms with Gasteiger partial charge in [-0.05, 0) is 103 Å². The molecule has 5 aliphatic carbocycles. The van der Waals surface area contributed by atoms with Crippen LogP contribution in [0.5, 0.6) is 0 Å². The van der Waals surface area contributed by atoms with Gasteiger partial charge in [0.2, 0.25) is 0 Å². The number of aliphatic hydroxyl groups excluding tert-OH is 13. The maximum atomic E-state index is 13.2. The summed E-state index contributed by atoms with van der Waals surface area (Å²) in [7, 11) is 0. The van der Waals surface area contributed by atoms with Crippen LogP contribution in [0.4, 0.5) is 0 Å². The topological polar surface area (TPSA) is 400 Å². The average Bonchev–Trinajstić information content (AvgIpc) is 3.59. The third-order valence-electron chi connectivity index (χ3n) is 21.8. The van der Waals surface area contributed by atoms with E-state index in [1.165, 1.54) is 19.4 Å². The highest BCUT2D eigenvalue weighted by Gasteiger charge is 2.72. The second-order valence-corrected chi connectivity index (χ2v) is 27.1. The molecule has 30 atom stereocenters. The highest BCUT2D eigenvalue weighted by atomic mass is 16.8. The first-order valence-corrected chi connectivity index (χ1v) is 28.8. The van der Waals surface area contributed by atoms with Crippen molar-refractivity contribution < 1.29 is 124 Å². The first-order chi connectivity index (χ1) is 37.8. The van der Waals surface area contributed by atoms with Gasteiger partial charge >= 0.3 is 11.9 Å². The Morgan fingerprint density at radius 1 is 0.593 bits per heavy atom. The number of hydrogen-bond acceptors (Lipinski definition) is 24. The molecule has 8 fully saturated rings. The van der Waals surface area contributed by atoms with Crippen LogP contribution in [0.25, 0.3) is 0 Å². The van der Waals surface area contributed by atoms with E-state index in [9.17, 15) is 81.1 Å². The number of hydrogen-bond donors (Lipinski definition) is 14. The summed E-state index contributed by atoms with van der Waals surface area (Å²) in [6.07, 6.45) is -33.3. The SMILES string of the molecule is CC(=O)O[C@@H]1C[C@]2(C)C(=CC[C@@H]3[C@@]4(C)CC[C@H](O[C@@H]5O[C@H](C(=O)O)[C@@H](O)[C@H](O[C@@H]6O[C@H](CO)[C@H](O)[C@H](O)[C@H]6O[C@@H]6O[C@@H](C)[C@H](O)[C@@H](O)[C@H]6O)[C@H]5O[C@@H]5O[C@H](CO)[C@@H](O)[C@H](O)[C@H]5O)C(C)(C)[C@H]4CC[C@]32C)[C@H]2CC(C)(C)C[C@H](O)[C@@]21CO. The standard InChI is InChI=1S/C56H90O25/c1-22-33(62)36(65)39(68)47(73-22)80-44-38(67)35(64)27(20-58)76-49(44)78-42-41(70)43(46(71)72)79-50(45(42)81-48-40(69)37(66)34(63)26(19-57)75-48)77-31-13-14-53(7)28(52(31,5)6)12-15-54(8)29(53)11-10-24-25-16-51(3,4)17-30(61)56(25,21-59)32(74-23(2)60)18-55(24,54)9/h10,22,25-45,47-50,57-59,61-70H,11-21H2,1-9H3,(H,71,72)/t22-,25+,26+,27+,28+,29+,30-,31-,32+,33-,34+,35-,36+,37-,38-,39+,40+,41-,42-,43-,44+,45+,47-,48-,49-,50+,53-,54+,55+,56+/m0/s1. The zero-order valence-electron chi connectivity index (χ0n) is 47.6. The number of esters is 1. The van der Waals surface area contributed by atoms with Crippen LogP contribution < -0.4 is 0 Å². The molecule has 0 bridgehead atoms. The van der Waals surface area contributed by atoms with Crippen LogP contribution in [-0.2, 0) is 52.2 Å². The third kappa shape index (κ3) is 10.4. The summed E-state index contributed by atoms with van der Waals surface area (Å²) in [6, 6.07) is 0. The second kappa shape index (κ2) is 22.8. The summed E-state index contributed by atoms with van der Waals surface area (Å²) in [5, 5.41) is 154. The molecule has 464 valence electrons. The van der Waals surface area contributed by atoms with Crippen LogP contribution in [0.1, 0.15) is 114 Å². The van der Waals surface area contributed by atoms with E-state index in [-0.39, 0.29) is 40.6 Å². The van der Waals surface area contributed by atoms with Crippen molar-refractivity contribution >= 4 is 11.9 Å². The minimum absolute atomic E-state index is 0.0512. The van der Waals surface area contributed by atoms with Gasteiger partial charge in [-0.15, -0.1) is 0 Å². The molecule has 0 aromatic rings. The molecule has 4 saturated carbocycles. The Morgan fingerprint density at radius 2 is 1.16 bits per heavy atom. The minimum Gasteiger partial charge on any atom is -0.479 e. The van der Waals surface area contributed by atoms with E-state index in [1.54, 1.807) is 0 Å². The van der Waals surface area contributed by atoms with Crippen molar-refractivity contribution in [3.63, 3.8) is 0 Å². The van der Waals surface area contributed by atoms with Gasteiger partial charge in [0.05, 0.1) is 43.5 Å². The Labute approximate surface area is 471 Å². The number of carbonyl (C=O) groups excluding carboxylic acids is 1. The fourth-order valence-corrected chi connectivity index (χ4v) is 17.2. The molecule has 81 heavy (non-hydrogen) atoms. The zero-order chi connectivity index (χ0) is 59.6. The number of aliphatic carboxylic acids is 1. The quantitative estimate of drug-likeness (QED) is 0.0542.